The molecule has 0 unspecified atom stereocenters. The van der Waals surface area contributed by atoms with Crippen LogP contribution in [-0.2, 0) is 4.79 Å². The summed E-state index contributed by atoms with van der Waals surface area (Å²) in [5, 5.41) is 10.9. The number of anilines is 1. The van der Waals surface area contributed by atoms with Crippen LogP contribution in [0, 0.1) is 15.9 Å². The van der Waals surface area contributed by atoms with Gasteiger partial charge in [0.05, 0.1) is 4.92 Å². The minimum Gasteiger partial charge on any atom is -0.370 e. The van der Waals surface area contributed by atoms with Gasteiger partial charge in [-0.25, -0.2) is 4.39 Å². The Labute approximate surface area is 146 Å². The summed E-state index contributed by atoms with van der Waals surface area (Å²) in [6.07, 6.45) is -0.126. The molecule has 130 valence electrons. The lowest BCUT2D eigenvalue weighted by Crippen LogP contribution is -2.34. The second kappa shape index (κ2) is 7.71. The molecule has 0 radical (unpaired) electrons. The van der Waals surface area contributed by atoms with Crippen LogP contribution in [0.4, 0.5) is 15.8 Å². The molecule has 7 nitrogen and oxygen atoms in total. The smallest absolute Gasteiger partial charge is 0.288 e. The Bertz CT molecular complexity index is 827. The van der Waals surface area contributed by atoms with Gasteiger partial charge in [-0.1, -0.05) is 11.6 Å². The van der Waals surface area contributed by atoms with E-state index >= 15 is 0 Å². The monoisotopic (exact) mass is 365 g/mol. The van der Waals surface area contributed by atoms with Gasteiger partial charge < -0.3 is 10.6 Å². The molecular formula is C16H13ClFN3O4. The molecule has 0 aliphatic rings. The van der Waals surface area contributed by atoms with E-state index in [9.17, 15) is 24.1 Å². The topological polar surface area (TPSA) is 107 Å². The maximum atomic E-state index is 13.1. The normalized spacial score (nSPS) is 10.3. The van der Waals surface area contributed by atoms with Gasteiger partial charge in [-0.15, -0.1) is 0 Å². The third kappa shape index (κ3) is 4.51. The van der Waals surface area contributed by atoms with E-state index in [0.717, 1.165) is 18.2 Å². The number of primary amides is 1. The Morgan fingerprint density at radius 1 is 1.20 bits per heavy atom. The molecule has 0 spiro atoms. The number of halogens is 2. The summed E-state index contributed by atoms with van der Waals surface area (Å²) < 4.78 is 13.1. The molecule has 0 fully saturated rings. The summed E-state index contributed by atoms with van der Waals surface area (Å²) >= 11 is 5.74. The summed E-state index contributed by atoms with van der Waals surface area (Å²) in [6, 6.07) is 8.65. The number of nitrogens with two attached hydrogens (primary N) is 1. The molecule has 2 aromatic rings. The highest BCUT2D eigenvalue weighted by Crippen LogP contribution is 2.27. The highest BCUT2D eigenvalue weighted by molar-refractivity contribution is 6.32. The number of nitro benzene ring substituents is 1. The number of carbonyl (C=O) groups excluding carboxylic acids is 2. The summed E-state index contributed by atoms with van der Waals surface area (Å²) in [5.41, 5.74) is 5.04. The number of hydrogen-bond donors (Lipinski definition) is 1. The number of amides is 2. The van der Waals surface area contributed by atoms with Gasteiger partial charge >= 0.3 is 0 Å². The fourth-order valence-electron chi connectivity index (χ4n) is 2.13. The Morgan fingerprint density at radius 3 is 2.40 bits per heavy atom. The molecule has 0 saturated heterocycles. The molecule has 2 rings (SSSR count). The molecule has 2 aromatic carbocycles. The molecule has 0 aromatic heterocycles. The Hall–Kier alpha value is -3.00. The molecule has 0 bridgehead atoms. The average Bonchev–Trinajstić information content (AvgIpc) is 2.56. The first-order valence-corrected chi connectivity index (χ1v) is 7.47. The lowest BCUT2D eigenvalue weighted by molar-refractivity contribution is -0.384. The van der Waals surface area contributed by atoms with Crippen LogP contribution in [0.1, 0.15) is 16.8 Å². The van der Waals surface area contributed by atoms with Crippen molar-refractivity contribution in [2.45, 2.75) is 6.42 Å². The maximum Gasteiger partial charge on any atom is 0.288 e. The Balaban J connectivity index is 2.40. The van der Waals surface area contributed by atoms with Crippen molar-refractivity contribution in [2.24, 2.45) is 5.73 Å². The van der Waals surface area contributed by atoms with Crippen molar-refractivity contribution >= 4 is 34.8 Å². The van der Waals surface area contributed by atoms with Gasteiger partial charge in [0.1, 0.15) is 10.8 Å². The van der Waals surface area contributed by atoms with Crippen molar-refractivity contribution in [3.05, 3.63) is 69.0 Å². The molecule has 25 heavy (non-hydrogen) atoms. The van der Waals surface area contributed by atoms with E-state index in [2.05, 4.69) is 0 Å². The molecular weight excluding hydrogens is 353 g/mol. The van der Waals surface area contributed by atoms with Crippen LogP contribution in [0.2, 0.25) is 5.02 Å². The van der Waals surface area contributed by atoms with Gasteiger partial charge in [-0.3, -0.25) is 19.7 Å². The van der Waals surface area contributed by atoms with Crippen molar-refractivity contribution in [1.82, 2.24) is 0 Å². The van der Waals surface area contributed by atoms with Crippen LogP contribution in [0.3, 0.4) is 0 Å². The first kappa shape index (κ1) is 18.3. The fraction of sp³-hybridized carbons (Fsp3) is 0.125. The van der Waals surface area contributed by atoms with Gasteiger partial charge in [0, 0.05) is 30.3 Å². The summed E-state index contributed by atoms with van der Waals surface area (Å²) in [5.74, 6) is -1.72. The first-order chi connectivity index (χ1) is 11.8. The van der Waals surface area contributed by atoms with Crippen LogP contribution in [0.5, 0.6) is 0 Å². The van der Waals surface area contributed by atoms with Crippen molar-refractivity contribution < 1.29 is 18.9 Å². The number of benzene rings is 2. The zero-order valence-electron chi connectivity index (χ0n) is 12.8. The summed E-state index contributed by atoms with van der Waals surface area (Å²) in [6.45, 7) is -0.0593. The number of nitro groups is 1. The van der Waals surface area contributed by atoms with Crippen LogP contribution >= 0.6 is 11.6 Å². The highest BCUT2D eigenvalue weighted by atomic mass is 35.5. The minimum absolute atomic E-state index is 0.00453. The number of carbonyl (C=O) groups is 2. The summed E-state index contributed by atoms with van der Waals surface area (Å²) in [4.78, 5) is 35.3. The highest BCUT2D eigenvalue weighted by Gasteiger charge is 2.22. The Kier molecular flexibility index (Phi) is 5.66. The van der Waals surface area contributed by atoms with E-state index in [1.165, 1.54) is 29.2 Å². The standard InChI is InChI=1S/C16H13ClFN3O4/c17-13-6-1-10(9-14(13)21(24)25)16(23)20(8-7-15(19)22)12-4-2-11(18)3-5-12/h1-6,9H,7-8H2,(H2,19,22). The predicted octanol–water partition coefficient (Wildman–Crippen LogP) is 2.91. The third-order valence-corrected chi connectivity index (χ3v) is 3.67. The second-order valence-electron chi connectivity index (χ2n) is 5.07. The lowest BCUT2D eigenvalue weighted by Gasteiger charge is -2.22. The number of hydrogen-bond acceptors (Lipinski definition) is 4. The van der Waals surface area contributed by atoms with Crippen molar-refractivity contribution in [3.63, 3.8) is 0 Å². The molecule has 0 aliphatic heterocycles. The van der Waals surface area contributed by atoms with Gasteiger partial charge in [0.15, 0.2) is 0 Å². The zero-order chi connectivity index (χ0) is 18.6. The van der Waals surface area contributed by atoms with E-state index in [0.29, 0.717) is 5.69 Å². The lowest BCUT2D eigenvalue weighted by atomic mass is 10.1. The van der Waals surface area contributed by atoms with E-state index in [1.807, 2.05) is 0 Å². The molecule has 9 heteroatoms. The predicted molar refractivity (Wildman–Crippen MR) is 90.0 cm³/mol. The number of nitrogens with zero attached hydrogens (tertiary/aromatic N) is 2. The largest absolute Gasteiger partial charge is 0.370 e. The minimum atomic E-state index is -0.704. The molecule has 2 amide bonds. The van der Waals surface area contributed by atoms with Gasteiger partial charge in [0.25, 0.3) is 11.6 Å². The van der Waals surface area contributed by atoms with Crippen LogP contribution < -0.4 is 10.6 Å². The van der Waals surface area contributed by atoms with E-state index in [4.69, 9.17) is 17.3 Å². The van der Waals surface area contributed by atoms with Gasteiger partial charge in [-0.05, 0) is 36.4 Å². The first-order valence-electron chi connectivity index (χ1n) is 7.09. The van der Waals surface area contributed by atoms with Gasteiger partial charge in [0.2, 0.25) is 5.91 Å². The van der Waals surface area contributed by atoms with E-state index in [-0.39, 0.29) is 23.6 Å². The van der Waals surface area contributed by atoms with E-state index in [1.54, 1.807) is 0 Å². The van der Waals surface area contributed by atoms with E-state index < -0.39 is 28.2 Å². The third-order valence-electron chi connectivity index (χ3n) is 3.36. The molecule has 2 N–H and O–H groups in total. The molecule has 0 heterocycles. The molecule has 0 saturated carbocycles. The summed E-state index contributed by atoms with van der Waals surface area (Å²) in [7, 11) is 0. The molecule has 0 atom stereocenters. The van der Waals surface area contributed by atoms with Gasteiger partial charge in [-0.2, -0.15) is 0 Å². The molecule has 0 aliphatic carbocycles. The zero-order valence-corrected chi connectivity index (χ0v) is 13.6. The average molecular weight is 366 g/mol. The quantitative estimate of drug-likeness (QED) is 0.627. The SMILES string of the molecule is NC(=O)CCN(C(=O)c1ccc(Cl)c([N+](=O)[O-])c1)c1ccc(F)cc1. The van der Waals surface area contributed by atoms with Crippen LogP contribution in [0.15, 0.2) is 42.5 Å². The van der Waals surface area contributed by atoms with Crippen LogP contribution in [-0.4, -0.2) is 23.3 Å². The van der Waals surface area contributed by atoms with Crippen molar-refractivity contribution in [3.8, 4) is 0 Å². The van der Waals surface area contributed by atoms with Crippen molar-refractivity contribution in [1.29, 1.82) is 0 Å². The maximum absolute atomic E-state index is 13.1. The Morgan fingerprint density at radius 2 is 1.84 bits per heavy atom. The van der Waals surface area contributed by atoms with Crippen LogP contribution in [0.25, 0.3) is 0 Å². The second-order valence-corrected chi connectivity index (χ2v) is 5.48. The number of rotatable bonds is 6. The van der Waals surface area contributed by atoms with Crippen molar-refractivity contribution in [2.75, 3.05) is 11.4 Å². The fourth-order valence-corrected chi connectivity index (χ4v) is 2.32.